The topological polar surface area (TPSA) is 55.7 Å². The highest BCUT2D eigenvalue weighted by Crippen LogP contribution is 2.23. The normalized spacial score (nSPS) is 10.3. The van der Waals surface area contributed by atoms with Crippen LogP contribution in [0.25, 0.3) is 10.7 Å². The molecular formula is C10H9N3OS. The summed E-state index contributed by atoms with van der Waals surface area (Å²) in [6.45, 7) is 3.35. The number of carbonyl (C=O) groups is 1. The van der Waals surface area contributed by atoms with Gasteiger partial charge in [-0.1, -0.05) is 0 Å². The van der Waals surface area contributed by atoms with Crippen molar-refractivity contribution in [3.8, 4) is 10.7 Å². The zero-order chi connectivity index (χ0) is 10.8. The maximum absolute atomic E-state index is 11.1. The van der Waals surface area contributed by atoms with Crippen molar-refractivity contribution in [1.82, 2.24) is 15.0 Å². The fraction of sp³-hybridized carbons (Fsp3) is 0.200. The zero-order valence-corrected chi connectivity index (χ0v) is 9.21. The van der Waals surface area contributed by atoms with Gasteiger partial charge in [-0.3, -0.25) is 4.79 Å². The van der Waals surface area contributed by atoms with Crippen LogP contribution in [0.4, 0.5) is 0 Å². The summed E-state index contributed by atoms with van der Waals surface area (Å²) < 4.78 is 0. The monoisotopic (exact) mass is 219 g/mol. The molecule has 2 rings (SSSR count). The summed E-state index contributed by atoms with van der Waals surface area (Å²) in [6.07, 6.45) is 3.27. The lowest BCUT2D eigenvalue weighted by molar-refractivity contribution is 0.102. The minimum absolute atomic E-state index is 0.0320. The Kier molecular flexibility index (Phi) is 2.55. The molecule has 0 amide bonds. The molecule has 0 saturated heterocycles. The van der Waals surface area contributed by atoms with Gasteiger partial charge in [0.25, 0.3) is 0 Å². The number of hydrogen-bond acceptors (Lipinski definition) is 5. The van der Waals surface area contributed by atoms with E-state index in [-0.39, 0.29) is 5.78 Å². The molecule has 0 atom stereocenters. The Hall–Kier alpha value is -1.62. The molecule has 15 heavy (non-hydrogen) atoms. The SMILES string of the molecule is CC(=O)c1cnc(-c2ccnc(C)n2)s1. The molecule has 2 heterocycles. The lowest BCUT2D eigenvalue weighted by Gasteiger charge is -1.95. The third kappa shape index (κ3) is 2.07. The fourth-order valence-corrected chi connectivity index (χ4v) is 1.91. The summed E-state index contributed by atoms with van der Waals surface area (Å²) >= 11 is 1.35. The molecule has 2 aromatic rings. The van der Waals surface area contributed by atoms with E-state index in [9.17, 15) is 4.79 Å². The van der Waals surface area contributed by atoms with E-state index in [0.717, 1.165) is 10.7 Å². The second-order valence-electron chi connectivity index (χ2n) is 3.07. The van der Waals surface area contributed by atoms with Gasteiger partial charge in [0, 0.05) is 19.3 Å². The summed E-state index contributed by atoms with van der Waals surface area (Å²) in [5, 5.41) is 0.755. The molecule has 0 unspecified atom stereocenters. The summed E-state index contributed by atoms with van der Waals surface area (Å²) in [6, 6.07) is 1.79. The van der Waals surface area contributed by atoms with E-state index < -0.39 is 0 Å². The Labute approximate surface area is 91.0 Å². The standard InChI is InChI=1S/C10H9N3OS/c1-6(14)9-5-12-10(15-9)8-3-4-11-7(2)13-8/h3-5H,1-2H3. The van der Waals surface area contributed by atoms with Crippen molar-refractivity contribution < 1.29 is 4.79 Å². The van der Waals surface area contributed by atoms with Gasteiger partial charge in [-0.05, 0) is 13.0 Å². The second-order valence-corrected chi connectivity index (χ2v) is 4.11. The molecule has 0 aliphatic carbocycles. The Bertz CT molecular complexity index is 507. The van der Waals surface area contributed by atoms with E-state index in [1.807, 2.05) is 6.92 Å². The molecule has 0 aliphatic heterocycles. The van der Waals surface area contributed by atoms with Crippen LogP contribution >= 0.6 is 11.3 Å². The van der Waals surface area contributed by atoms with Crippen LogP contribution in [-0.4, -0.2) is 20.7 Å². The minimum atomic E-state index is 0.0320. The van der Waals surface area contributed by atoms with Crippen molar-refractivity contribution in [2.45, 2.75) is 13.8 Å². The highest BCUT2D eigenvalue weighted by molar-refractivity contribution is 7.16. The molecule has 0 N–H and O–H groups in total. The molecule has 0 spiro atoms. The number of hydrogen-bond donors (Lipinski definition) is 0. The van der Waals surface area contributed by atoms with Gasteiger partial charge in [-0.2, -0.15) is 0 Å². The maximum atomic E-state index is 11.1. The summed E-state index contributed by atoms with van der Waals surface area (Å²) in [5.74, 6) is 0.733. The first kappa shape index (κ1) is 9.92. The summed E-state index contributed by atoms with van der Waals surface area (Å²) in [5.41, 5.74) is 0.764. The Balaban J connectivity index is 2.41. The molecule has 76 valence electrons. The van der Waals surface area contributed by atoms with E-state index in [2.05, 4.69) is 15.0 Å². The highest BCUT2D eigenvalue weighted by Gasteiger charge is 2.08. The average Bonchev–Trinajstić information content (AvgIpc) is 2.66. The summed E-state index contributed by atoms with van der Waals surface area (Å²) in [4.78, 5) is 24.2. The quantitative estimate of drug-likeness (QED) is 0.726. The zero-order valence-electron chi connectivity index (χ0n) is 8.39. The van der Waals surface area contributed by atoms with Crippen molar-refractivity contribution in [3.63, 3.8) is 0 Å². The lowest BCUT2D eigenvalue weighted by atomic mass is 10.4. The molecule has 0 bridgehead atoms. The van der Waals surface area contributed by atoms with Crippen molar-refractivity contribution in [2.75, 3.05) is 0 Å². The largest absolute Gasteiger partial charge is 0.294 e. The first-order valence-electron chi connectivity index (χ1n) is 4.43. The van der Waals surface area contributed by atoms with Crippen molar-refractivity contribution in [2.24, 2.45) is 0 Å². The highest BCUT2D eigenvalue weighted by atomic mass is 32.1. The average molecular weight is 219 g/mol. The van der Waals surface area contributed by atoms with Gasteiger partial charge in [-0.25, -0.2) is 15.0 Å². The molecule has 0 aliphatic rings. The first-order chi connectivity index (χ1) is 7.16. The van der Waals surface area contributed by atoms with Crippen LogP contribution in [0.2, 0.25) is 0 Å². The molecule has 5 heteroatoms. The summed E-state index contributed by atoms with van der Waals surface area (Å²) in [7, 11) is 0. The van der Waals surface area contributed by atoms with Gasteiger partial charge >= 0.3 is 0 Å². The number of ketones is 1. The Morgan fingerprint density at radius 2 is 2.20 bits per heavy atom. The van der Waals surface area contributed by atoms with Gasteiger partial charge < -0.3 is 0 Å². The number of Topliss-reactive ketones (excluding diaryl/α,β-unsaturated/α-hetero) is 1. The van der Waals surface area contributed by atoms with Gasteiger partial charge in [-0.15, -0.1) is 11.3 Å². The van der Waals surface area contributed by atoms with Crippen LogP contribution in [0.1, 0.15) is 22.4 Å². The molecule has 0 saturated carbocycles. The predicted octanol–water partition coefficient (Wildman–Crippen LogP) is 2.11. The Morgan fingerprint density at radius 1 is 1.40 bits per heavy atom. The van der Waals surface area contributed by atoms with E-state index in [0.29, 0.717) is 10.7 Å². The van der Waals surface area contributed by atoms with Crippen LogP contribution in [0, 0.1) is 6.92 Å². The number of nitrogens with zero attached hydrogens (tertiary/aromatic N) is 3. The number of aryl methyl sites for hydroxylation is 1. The molecule has 0 fully saturated rings. The Morgan fingerprint density at radius 3 is 2.80 bits per heavy atom. The van der Waals surface area contributed by atoms with Crippen molar-refractivity contribution >= 4 is 17.1 Å². The van der Waals surface area contributed by atoms with Crippen LogP contribution in [0.3, 0.4) is 0 Å². The van der Waals surface area contributed by atoms with E-state index in [1.54, 1.807) is 18.5 Å². The smallest absolute Gasteiger partial charge is 0.171 e. The second kappa shape index (κ2) is 3.86. The molecule has 0 aromatic carbocycles. The van der Waals surface area contributed by atoms with Gasteiger partial charge in [0.15, 0.2) is 5.78 Å². The molecule has 0 radical (unpaired) electrons. The van der Waals surface area contributed by atoms with E-state index in [1.165, 1.54) is 18.3 Å². The van der Waals surface area contributed by atoms with Crippen molar-refractivity contribution in [1.29, 1.82) is 0 Å². The van der Waals surface area contributed by atoms with E-state index in [4.69, 9.17) is 0 Å². The molecule has 4 nitrogen and oxygen atoms in total. The first-order valence-corrected chi connectivity index (χ1v) is 5.25. The fourth-order valence-electron chi connectivity index (χ4n) is 1.13. The van der Waals surface area contributed by atoms with Crippen LogP contribution in [-0.2, 0) is 0 Å². The van der Waals surface area contributed by atoms with Crippen molar-refractivity contribution in [3.05, 3.63) is 29.2 Å². The van der Waals surface area contributed by atoms with Gasteiger partial charge in [0.1, 0.15) is 16.5 Å². The third-order valence-electron chi connectivity index (χ3n) is 1.85. The number of carbonyl (C=O) groups excluding carboxylic acids is 1. The molecule has 2 aromatic heterocycles. The molecular weight excluding hydrogens is 210 g/mol. The minimum Gasteiger partial charge on any atom is -0.294 e. The van der Waals surface area contributed by atoms with Gasteiger partial charge in [0.2, 0.25) is 0 Å². The number of rotatable bonds is 2. The number of thiazole rings is 1. The third-order valence-corrected chi connectivity index (χ3v) is 2.97. The lowest BCUT2D eigenvalue weighted by Crippen LogP contribution is -1.88. The predicted molar refractivity (Wildman–Crippen MR) is 57.9 cm³/mol. The maximum Gasteiger partial charge on any atom is 0.171 e. The van der Waals surface area contributed by atoms with E-state index >= 15 is 0 Å². The van der Waals surface area contributed by atoms with Crippen LogP contribution in [0.5, 0.6) is 0 Å². The van der Waals surface area contributed by atoms with Crippen LogP contribution < -0.4 is 0 Å². The van der Waals surface area contributed by atoms with Crippen LogP contribution in [0.15, 0.2) is 18.5 Å². The number of aromatic nitrogens is 3. The van der Waals surface area contributed by atoms with Gasteiger partial charge in [0.05, 0.1) is 4.88 Å².